The molecule has 2 aromatic carbocycles. The van der Waals surface area contributed by atoms with Crippen molar-refractivity contribution in [1.82, 2.24) is 4.98 Å². The van der Waals surface area contributed by atoms with Crippen LogP contribution in [0, 0.1) is 0 Å². The Morgan fingerprint density at radius 1 is 1.00 bits per heavy atom. The molecule has 4 rings (SSSR count). The normalized spacial score (nSPS) is 11.5. The molecule has 0 aliphatic rings. The van der Waals surface area contributed by atoms with Crippen molar-refractivity contribution < 1.29 is 4.42 Å². The molecule has 0 aliphatic carbocycles. The summed E-state index contributed by atoms with van der Waals surface area (Å²) in [6, 6.07) is 13.6. The maximum atomic E-state index is 12.2. The number of pyridine rings is 1. The molecule has 0 saturated carbocycles. The minimum absolute atomic E-state index is 0.299. The molecule has 2 heterocycles. The highest BCUT2D eigenvalue weighted by Crippen LogP contribution is 2.28. The number of rotatable bonds is 1. The van der Waals surface area contributed by atoms with Crippen LogP contribution in [-0.4, -0.2) is 4.98 Å². The summed E-state index contributed by atoms with van der Waals surface area (Å²) in [7, 11) is 0. The van der Waals surface area contributed by atoms with E-state index in [-0.39, 0.29) is 5.63 Å². The molecule has 3 heteroatoms. The first-order chi connectivity index (χ1) is 10.3. The van der Waals surface area contributed by atoms with Gasteiger partial charge < -0.3 is 4.42 Å². The third-order valence-electron chi connectivity index (χ3n) is 3.92. The number of aryl methyl sites for hydroxylation is 1. The second kappa shape index (κ2) is 4.42. The van der Waals surface area contributed by atoms with E-state index < -0.39 is 0 Å². The molecule has 0 radical (unpaired) electrons. The topological polar surface area (TPSA) is 43.1 Å². The maximum absolute atomic E-state index is 12.2. The van der Waals surface area contributed by atoms with Crippen molar-refractivity contribution in [3.8, 4) is 0 Å². The van der Waals surface area contributed by atoms with Crippen LogP contribution >= 0.6 is 0 Å². The molecule has 0 atom stereocenters. The molecule has 0 aliphatic heterocycles. The first-order valence-corrected chi connectivity index (χ1v) is 7.01. The fourth-order valence-electron chi connectivity index (χ4n) is 2.78. The molecule has 0 bridgehead atoms. The first kappa shape index (κ1) is 12.1. The van der Waals surface area contributed by atoms with E-state index in [9.17, 15) is 4.79 Å². The van der Waals surface area contributed by atoms with Crippen LogP contribution in [0.1, 0.15) is 12.5 Å². The van der Waals surface area contributed by atoms with E-state index in [1.165, 1.54) is 5.56 Å². The van der Waals surface area contributed by atoms with Gasteiger partial charge in [0.25, 0.3) is 0 Å². The summed E-state index contributed by atoms with van der Waals surface area (Å²) in [5.74, 6) is 0. The monoisotopic (exact) mass is 275 g/mol. The Labute approximate surface area is 120 Å². The molecule has 0 fully saturated rings. The maximum Gasteiger partial charge on any atom is 0.344 e. The van der Waals surface area contributed by atoms with Crippen molar-refractivity contribution in [3.05, 3.63) is 64.6 Å². The molecule has 3 nitrogen and oxygen atoms in total. The van der Waals surface area contributed by atoms with Crippen molar-refractivity contribution in [2.75, 3.05) is 0 Å². The van der Waals surface area contributed by atoms with Crippen molar-refractivity contribution in [3.63, 3.8) is 0 Å². The zero-order valence-electron chi connectivity index (χ0n) is 11.6. The summed E-state index contributed by atoms with van der Waals surface area (Å²) < 4.78 is 5.59. The fraction of sp³-hybridized carbons (Fsp3) is 0.111. The summed E-state index contributed by atoms with van der Waals surface area (Å²) in [6.07, 6.45) is 2.72. The minimum Gasteiger partial charge on any atom is -0.421 e. The molecule has 0 saturated heterocycles. The van der Waals surface area contributed by atoms with Crippen LogP contribution in [0.3, 0.4) is 0 Å². The van der Waals surface area contributed by atoms with Gasteiger partial charge in [-0.05, 0) is 30.2 Å². The number of aromatic nitrogens is 1. The van der Waals surface area contributed by atoms with Crippen LogP contribution in [0.5, 0.6) is 0 Å². The first-order valence-electron chi connectivity index (χ1n) is 7.01. The lowest BCUT2D eigenvalue weighted by Crippen LogP contribution is -2.00. The van der Waals surface area contributed by atoms with Gasteiger partial charge in [0.2, 0.25) is 0 Å². The molecular formula is C18H13NO2. The van der Waals surface area contributed by atoms with Crippen molar-refractivity contribution in [2.24, 2.45) is 0 Å². The summed E-state index contributed by atoms with van der Waals surface area (Å²) in [5.41, 5.74) is 2.37. The lowest BCUT2D eigenvalue weighted by Gasteiger charge is -2.06. The molecule has 0 amide bonds. The van der Waals surface area contributed by atoms with Gasteiger partial charge in [0.1, 0.15) is 5.58 Å². The Morgan fingerprint density at radius 3 is 2.62 bits per heavy atom. The highest BCUT2D eigenvalue weighted by Gasteiger charge is 2.10. The zero-order valence-corrected chi connectivity index (χ0v) is 11.6. The highest BCUT2D eigenvalue weighted by atomic mass is 16.4. The van der Waals surface area contributed by atoms with E-state index in [1.54, 1.807) is 12.3 Å². The molecule has 21 heavy (non-hydrogen) atoms. The summed E-state index contributed by atoms with van der Waals surface area (Å²) >= 11 is 0. The van der Waals surface area contributed by atoms with Crippen LogP contribution < -0.4 is 5.63 Å². The molecule has 4 aromatic rings. The predicted octanol–water partition coefficient (Wildman–Crippen LogP) is 4.06. The van der Waals surface area contributed by atoms with Crippen LogP contribution in [-0.2, 0) is 6.42 Å². The molecule has 0 spiro atoms. The Bertz CT molecular complexity index is 1050. The average Bonchev–Trinajstić information content (AvgIpc) is 2.54. The molecule has 0 N–H and O–H groups in total. The standard InChI is InChI=1S/C18H13NO2/c1-2-11-7-8-16-14(9-11)17-15(10-19-16)12-5-3-4-6-13(12)18(20)21-17/h3-10H,2H2,1H3. The van der Waals surface area contributed by atoms with E-state index in [4.69, 9.17) is 4.42 Å². The average molecular weight is 275 g/mol. The Morgan fingerprint density at radius 2 is 1.81 bits per heavy atom. The molecule has 102 valence electrons. The van der Waals surface area contributed by atoms with E-state index in [2.05, 4.69) is 24.0 Å². The number of nitrogens with zero attached hydrogens (tertiary/aromatic N) is 1. The van der Waals surface area contributed by atoms with E-state index in [0.717, 1.165) is 28.1 Å². The van der Waals surface area contributed by atoms with Gasteiger partial charge in [0.05, 0.1) is 10.9 Å². The lowest BCUT2D eigenvalue weighted by atomic mass is 10.0. The Balaban J connectivity index is 2.28. The second-order valence-corrected chi connectivity index (χ2v) is 5.14. The molecule has 0 unspecified atom stereocenters. The third kappa shape index (κ3) is 1.74. The number of fused-ring (bicyclic) bond motifs is 5. The highest BCUT2D eigenvalue weighted by molar-refractivity contribution is 6.12. The van der Waals surface area contributed by atoms with Crippen LogP contribution in [0.2, 0.25) is 0 Å². The van der Waals surface area contributed by atoms with Gasteiger partial charge in [-0.3, -0.25) is 4.98 Å². The van der Waals surface area contributed by atoms with Crippen molar-refractivity contribution in [2.45, 2.75) is 13.3 Å². The fourth-order valence-corrected chi connectivity index (χ4v) is 2.78. The zero-order chi connectivity index (χ0) is 14.4. The SMILES string of the molecule is CCc1ccc2ncc3c4ccccc4c(=O)oc3c2c1. The second-order valence-electron chi connectivity index (χ2n) is 5.14. The van der Waals surface area contributed by atoms with E-state index >= 15 is 0 Å². The quantitative estimate of drug-likeness (QED) is 0.492. The predicted molar refractivity (Wildman–Crippen MR) is 84.7 cm³/mol. The van der Waals surface area contributed by atoms with Crippen LogP contribution in [0.4, 0.5) is 0 Å². The lowest BCUT2D eigenvalue weighted by molar-refractivity contribution is 0.572. The number of hydrogen-bond acceptors (Lipinski definition) is 3. The summed E-state index contributed by atoms with van der Waals surface area (Å²) in [6.45, 7) is 2.10. The van der Waals surface area contributed by atoms with Gasteiger partial charge in [0, 0.05) is 22.4 Å². The van der Waals surface area contributed by atoms with Gasteiger partial charge in [-0.25, -0.2) is 4.79 Å². The third-order valence-corrected chi connectivity index (χ3v) is 3.92. The van der Waals surface area contributed by atoms with Crippen LogP contribution in [0.15, 0.2) is 57.9 Å². The number of benzene rings is 2. The van der Waals surface area contributed by atoms with Gasteiger partial charge in [-0.2, -0.15) is 0 Å². The molecular weight excluding hydrogens is 262 g/mol. The van der Waals surface area contributed by atoms with E-state index in [0.29, 0.717) is 11.0 Å². The van der Waals surface area contributed by atoms with Gasteiger partial charge >= 0.3 is 5.63 Å². The van der Waals surface area contributed by atoms with E-state index in [1.807, 2.05) is 24.3 Å². The Hall–Kier alpha value is -2.68. The molecule has 2 aromatic heterocycles. The largest absolute Gasteiger partial charge is 0.421 e. The van der Waals surface area contributed by atoms with Crippen molar-refractivity contribution in [1.29, 1.82) is 0 Å². The number of hydrogen-bond donors (Lipinski definition) is 0. The Kier molecular flexibility index (Phi) is 2.54. The van der Waals surface area contributed by atoms with Gasteiger partial charge in [-0.15, -0.1) is 0 Å². The summed E-state index contributed by atoms with van der Waals surface area (Å²) in [5, 5.41) is 3.26. The van der Waals surface area contributed by atoms with Crippen molar-refractivity contribution >= 4 is 32.6 Å². The smallest absolute Gasteiger partial charge is 0.344 e. The van der Waals surface area contributed by atoms with Crippen LogP contribution in [0.25, 0.3) is 32.6 Å². The minimum atomic E-state index is -0.299. The van der Waals surface area contributed by atoms with Gasteiger partial charge in [-0.1, -0.05) is 31.2 Å². The summed E-state index contributed by atoms with van der Waals surface area (Å²) in [4.78, 5) is 16.7. The van der Waals surface area contributed by atoms with Gasteiger partial charge in [0.15, 0.2) is 0 Å².